The number of anilines is 2. The van der Waals surface area contributed by atoms with Gasteiger partial charge in [0, 0.05) is 75.3 Å². The van der Waals surface area contributed by atoms with E-state index in [0.717, 1.165) is 19.6 Å². The minimum absolute atomic E-state index is 0.0527. The standard InChI is InChI=1S/C38H52ClF2N7O6S/c1-37(2,3)54-36(51)43-29-24-34(49)48(25-29)30-10-12-31(13-11-30)55(52,53)47-20-18-46(19-21-47)33-23-28(22-32(39)44-33)38(40,41)27-8-6-26(7-9-27)35(50)42-14-17-45-15-4-5-16-45/h10-13,22-23,26-27,29H,4-9,14-21,24-25H2,1-3H3,(H,42,50)(H,43,51)/t26?,27?,29-/m1/s1. The second-order valence-electron chi connectivity index (χ2n) is 16.0. The van der Waals surface area contributed by atoms with Crippen LogP contribution < -0.4 is 20.4 Å². The van der Waals surface area contributed by atoms with Crippen molar-refractivity contribution in [1.29, 1.82) is 0 Å². The maximum absolute atomic E-state index is 16.0. The molecule has 13 nitrogen and oxygen atoms in total. The number of pyridine rings is 1. The summed E-state index contributed by atoms with van der Waals surface area (Å²) in [6, 6.07) is 8.10. The topological polar surface area (TPSA) is 144 Å². The molecule has 4 fully saturated rings. The molecule has 0 unspecified atom stereocenters. The number of hydrogen-bond donors (Lipinski definition) is 2. The smallest absolute Gasteiger partial charge is 0.407 e. The molecule has 302 valence electrons. The number of nitrogens with one attached hydrogen (secondary N) is 2. The van der Waals surface area contributed by atoms with Gasteiger partial charge in [-0.2, -0.15) is 4.31 Å². The summed E-state index contributed by atoms with van der Waals surface area (Å²) in [5, 5.41) is 5.63. The number of alkyl carbamates (subject to hydrolysis) is 1. The van der Waals surface area contributed by atoms with Crippen LogP contribution in [-0.4, -0.2) is 111 Å². The van der Waals surface area contributed by atoms with Crippen molar-refractivity contribution in [3.63, 3.8) is 0 Å². The zero-order chi connectivity index (χ0) is 39.5. The number of piperazine rings is 1. The molecule has 3 aliphatic heterocycles. The van der Waals surface area contributed by atoms with Gasteiger partial charge < -0.3 is 30.1 Å². The van der Waals surface area contributed by atoms with Crippen LogP contribution in [0.4, 0.5) is 25.1 Å². The number of carbonyl (C=O) groups excluding carboxylic acids is 3. The van der Waals surface area contributed by atoms with E-state index in [1.165, 1.54) is 46.3 Å². The monoisotopic (exact) mass is 807 g/mol. The zero-order valence-corrected chi connectivity index (χ0v) is 33.3. The van der Waals surface area contributed by atoms with Crippen molar-refractivity contribution in [1.82, 2.24) is 24.8 Å². The summed E-state index contributed by atoms with van der Waals surface area (Å²) in [5.74, 6) is -4.42. The Kier molecular flexibility index (Phi) is 12.6. The number of amides is 3. The molecule has 0 radical (unpaired) electrons. The number of aromatic nitrogens is 1. The molecule has 1 aliphatic carbocycles. The van der Waals surface area contributed by atoms with Gasteiger partial charge in [0.05, 0.1) is 10.9 Å². The highest BCUT2D eigenvalue weighted by Crippen LogP contribution is 2.46. The van der Waals surface area contributed by atoms with Gasteiger partial charge in [-0.1, -0.05) is 11.6 Å². The average molecular weight is 808 g/mol. The lowest BCUT2D eigenvalue weighted by atomic mass is 9.77. The zero-order valence-electron chi connectivity index (χ0n) is 31.7. The number of likely N-dealkylation sites (tertiary alicyclic amines) is 1. The van der Waals surface area contributed by atoms with E-state index in [-0.39, 0.29) is 91.1 Å². The normalized spacial score (nSPS) is 23.2. The number of rotatable bonds is 11. The molecule has 1 aromatic carbocycles. The third-order valence-electron chi connectivity index (χ3n) is 10.9. The van der Waals surface area contributed by atoms with Crippen LogP contribution in [0.2, 0.25) is 5.15 Å². The summed E-state index contributed by atoms with van der Waals surface area (Å²) < 4.78 is 65.8. The first kappa shape index (κ1) is 41.0. The van der Waals surface area contributed by atoms with E-state index in [9.17, 15) is 22.8 Å². The Balaban J connectivity index is 1.01. The lowest BCUT2D eigenvalue weighted by Crippen LogP contribution is -2.49. The number of carbonyl (C=O) groups is 3. The minimum Gasteiger partial charge on any atom is -0.444 e. The van der Waals surface area contributed by atoms with Crippen molar-refractivity contribution in [2.75, 3.05) is 68.7 Å². The number of ether oxygens (including phenoxy) is 1. The van der Waals surface area contributed by atoms with Crippen molar-refractivity contribution in [2.45, 2.75) is 88.2 Å². The largest absolute Gasteiger partial charge is 0.444 e. The van der Waals surface area contributed by atoms with E-state index in [1.807, 2.05) is 0 Å². The fraction of sp³-hybridized carbons (Fsp3) is 0.632. The van der Waals surface area contributed by atoms with Crippen LogP contribution in [0.3, 0.4) is 0 Å². The lowest BCUT2D eigenvalue weighted by Gasteiger charge is -2.36. The number of benzene rings is 1. The van der Waals surface area contributed by atoms with Gasteiger partial charge in [0.2, 0.25) is 21.8 Å². The Bertz CT molecular complexity index is 1810. The number of alkyl halides is 2. The van der Waals surface area contributed by atoms with E-state index < -0.39 is 39.6 Å². The van der Waals surface area contributed by atoms with Gasteiger partial charge >= 0.3 is 6.09 Å². The molecule has 2 aromatic rings. The molecule has 55 heavy (non-hydrogen) atoms. The van der Waals surface area contributed by atoms with Crippen molar-refractivity contribution < 1.29 is 36.3 Å². The Labute approximate surface area is 327 Å². The van der Waals surface area contributed by atoms with Crippen molar-refractivity contribution >= 4 is 51.0 Å². The molecule has 0 bridgehead atoms. The van der Waals surface area contributed by atoms with Gasteiger partial charge in [0.15, 0.2) is 0 Å². The van der Waals surface area contributed by atoms with E-state index in [0.29, 0.717) is 25.1 Å². The Morgan fingerprint density at radius 1 is 0.964 bits per heavy atom. The van der Waals surface area contributed by atoms with E-state index in [1.54, 1.807) is 37.8 Å². The first-order chi connectivity index (χ1) is 26.0. The maximum atomic E-state index is 16.0. The van der Waals surface area contributed by atoms with Crippen LogP contribution in [0.1, 0.15) is 71.3 Å². The summed E-state index contributed by atoms with van der Waals surface area (Å²) >= 11 is 6.30. The van der Waals surface area contributed by atoms with Crippen LogP contribution in [0.15, 0.2) is 41.3 Å². The van der Waals surface area contributed by atoms with Crippen molar-refractivity contribution in [2.24, 2.45) is 11.8 Å². The maximum Gasteiger partial charge on any atom is 0.407 e. The molecular formula is C38H52ClF2N7O6S. The second kappa shape index (κ2) is 16.9. The van der Waals surface area contributed by atoms with Gasteiger partial charge in [-0.25, -0.2) is 27.0 Å². The van der Waals surface area contributed by atoms with Gasteiger partial charge in [0.25, 0.3) is 5.92 Å². The summed E-state index contributed by atoms with van der Waals surface area (Å²) in [7, 11) is -3.91. The Hall–Kier alpha value is -3.60. The lowest BCUT2D eigenvalue weighted by molar-refractivity contribution is -0.129. The average Bonchev–Trinajstić information content (AvgIpc) is 3.80. The number of nitrogens with zero attached hydrogens (tertiary/aromatic N) is 5. The van der Waals surface area contributed by atoms with Gasteiger partial charge in [-0.3, -0.25) is 9.59 Å². The quantitative estimate of drug-likeness (QED) is 0.301. The minimum atomic E-state index is -3.91. The molecule has 1 atom stereocenters. The number of sulfonamides is 1. The predicted molar refractivity (Wildman–Crippen MR) is 205 cm³/mol. The van der Waals surface area contributed by atoms with Crippen LogP contribution in [0.25, 0.3) is 0 Å². The molecule has 0 spiro atoms. The third-order valence-corrected chi connectivity index (χ3v) is 13.0. The van der Waals surface area contributed by atoms with Crippen LogP contribution >= 0.6 is 11.6 Å². The first-order valence-electron chi connectivity index (χ1n) is 19.2. The second-order valence-corrected chi connectivity index (χ2v) is 18.3. The molecular weight excluding hydrogens is 756 g/mol. The fourth-order valence-corrected chi connectivity index (χ4v) is 9.54. The Morgan fingerprint density at radius 2 is 1.62 bits per heavy atom. The molecule has 1 aromatic heterocycles. The fourth-order valence-electron chi connectivity index (χ4n) is 7.91. The van der Waals surface area contributed by atoms with Crippen LogP contribution in [0.5, 0.6) is 0 Å². The molecule has 3 saturated heterocycles. The van der Waals surface area contributed by atoms with Crippen LogP contribution in [-0.2, 0) is 30.3 Å². The summed E-state index contributed by atoms with van der Waals surface area (Å²) in [6.07, 6.45) is 3.05. The molecule has 3 amide bonds. The van der Waals surface area contributed by atoms with E-state index >= 15 is 8.78 Å². The molecule has 6 rings (SSSR count). The summed E-state index contributed by atoms with van der Waals surface area (Å²) in [5.41, 5.74) is -0.411. The highest BCUT2D eigenvalue weighted by Gasteiger charge is 2.45. The molecule has 17 heteroatoms. The SMILES string of the molecule is CC(C)(C)OC(=O)N[C@@H]1CC(=O)N(c2ccc(S(=O)(=O)N3CCN(c4cc(C(F)(F)C5CCC(C(=O)NCCN6CCCC6)CC5)cc(Cl)n4)CC3)cc2)C1. The number of hydrogen-bond acceptors (Lipinski definition) is 9. The summed E-state index contributed by atoms with van der Waals surface area (Å²) in [4.78, 5) is 47.6. The summed E-state index contributed by atoms with van der Waals surface area (Å²) in [6.45, 7) is 9.56. The Morgan fingerprint density at radius 3 is 2.25 bits per heavy atom. The molecule has 4 heterocycles. The predicted octanol–water partition coefficient (Wildman–Crippen LogP) is 4.99. The van der Waals surface area contributed by atoms with Crippen LogP contribution in [0, 0.1) is 11.8 Å². The van der Waals surface area contributed by atoms with Crippen molar-refractivity contribution in [3.8, 4) is 0 Å². The van der Waals surface area contributed by atoms with Gasteiger partial charge in [-0.15, -0.1) is 0 Å². The van der Waals surface area contributed by atoms with Gasteiger partial charge in [-0.05, 0) is 109 Å². The third kappa shape index (κ3) is 10.0. The molecule has 1 saturated carbocycles. The highest BCUT2D eigenvalue weighted by atomic mass is 35.5. The molecule has 2 N–H and O–H groups in total. The van der Waals surface area contributed by atoms with E-state index in [4.69, 9.17) is 16.3 Å². The molecule has 4 aliphatic rings. The van der Waals surface area contributed by atoms with E-state index in [2.05, 4.69) is 20.5 Å². The number of halogens is 3. The highest BCUT2D eigenvalue weighted by molar-refractivity contribution is 7.89. The van der Waals surface area contributed by atoms with Crippen molar-refractivity contribution in [3.05, 3.63) is 47.1 Å². The first-order valence-corrected chi connectivity index (χ1v) is 21.0. The van der Waals surface area contributed by atoms with Gasteiger partial charge in [0.1, 0.15) is 16.6 Å².